The lowest BCUT2D eigenvalue weighted by Gasteiger charge is -2.32. The first-order chi connectivity index (χ1) is 9.19. The molecule has 3 rings (SSSR count). The highest BCUT2D eigenvalue weighted by molar-refractivity contribution is 6.18. The Bertz CT molecular complexity index is 649. The summed E-state index contributed by atoms with van der Waals surface area (Å²) >= 11 is 5.95. The number of hydrogen-bond donors (Lipinski definition) is 1. The van der Waals surface area contributed by atoms with Gasteiger partial charge in [-0.15, -0.1) is 11.6 Å². The highest BCUT2D eigenvalue weighted by Crippen LogP contribution is 2.23. The second kappa shape index (κ2) is 4.85. The van der Waals surface area contributed by atoms with Gasteiger partial charge >= 0.3 is 5.69 Å². The topological polar surface area (TPSA) is 66.3 Å². The smallest absolute Gasteiger partial charge is 0.349 e. The summed E-state index contributed by atoms with van der Waals surface area (Å²) in [5.74, 6) is 2.72. The largest absolute Gasteiger partial charge is 0.356 e. The molecule has 6 nitrogen and oxygen atoms in total. The minimum absolute atomic E-state index is 0.246. The van der Waals surface area contributed by atoms with Crippen molar-refractivity contribution in [1.82, 2.24) is 19.6 Å². The molecule has 1 aliphatic rings. The van der Waals surface area contributed by atoms with E-state index < -0.39 is 0 Å². The van der Waals surface area contributed by atoms with Gasteiger partial charge in [-0.25, -0.2) is 19.3 Å². The van der Waals surface area contributed by atoms with E-state index in [-0.39, 0.29) is 5.69 Å². The summed E-state index contributed by atoms with van der Waals surface area (Å²) in [7, 11) is 0. The minimum atomic E-state index is -0.246. The maximum Gasteiger partial charge on any atom is 0.349 e. The van der Waals surface area contributed by atoms with Gasteiger partial charge in [0.2, 0.25) is 0 Å². The van der Waals surface area contributed by atoms with Crippen molar-refractivity contribution in [3.05, 3.63) is 22.4 Å². The monoisotopic (exact) mass is 281 g/mol. The Labute approximate surface area is 115 Å². The molecule has 1 atom stereocenters. The fourth-order valence-electron chi connectivity index (χ4n) is 2.64. The molecule has 1 N–H and O–H groups in total. The lowest BCUT2D eigenvalue weighted by molar-refractivity contribution is 0.448. The number of aryl methyl sites for hydroxylation is 1. The number of nitrogens with zero attached hydrogens (tertiary/aromatic N) is 4. The van der Waals surface area contributed by atoms with Crippen molar-refractivity contribution in [2.24, 2.45) is 5.92 Å². The predicted molar refractivity (Wildman–Crippen MR) is 74.0 cm³/mol. The second-order valence-corrected chi connectivity index (χ2v) is 5.30. The first kappa shape index (κ1) is 12.5. The minimum Gasteiger partial charge on any atom is -0.356 e. The summed E-state index contributed by atoms with van der Waals surface area (Å²) in [4.78, 5) is 18.3. The van der Waals surface area contributed by atoms with E-state index in [1.165, 1.54) is 10.8 Å². The van der Waals surface area contributed by atoms with E-state index in [1.54, 1.807) is 0 Å². The van der Waals surface area contributed by atoms with Crippen LogP contribution in [0.3, 0.4) is 0 Å². The van der Waals surface area contributed by atoms with Gasteiger partial charge in [-0.2, -0.15) is 5.10 Å². The van der Waals surface area contributed by atoms with Crippen LogP contribution in [0.25, 0.3) is 5.65 Å². The summed E-state index contributed by atoms with van der Waals surface area (Å²) in [6.45, 7) is 3.71. The van der Waals surface area contributed by atoms with Gasteiger partial charge in [-0.1, -0.05) is 0 Å². The van der Waals surface area contributed by atoms with E-state index in [4.69, 9.17) is 11.6 Å². The number of aromatic nitrogens is 4. The number of piperidine rings is 1. The van der Waals surface area contributed by atoms with Crippen LogP contribution in [0, 0.1) is 12.8 Å². The van der Waals surface area contributed by atoms with Gasteiger partial charge in [-0.05, 0) is 25.7 Å². The first-order valence-electron chi connectivity index (χ1n) is 6.44. The van der Waals surface area contributed by atoms with Crippen molar-refractivity contribution < 1.29 is 0 Å². The Balaban J connectivity index is 1.98. The molecule has 2 aromatic heterocycles. The Morgan fingerprint density at radius 3 is 3.21 bits per heavy atom. The molecule has 7 heteroatoms. The maximum absolute atomic E-state index is 11.6. The van der Waals surface area contributed by atoms with Crippen LogP contribution in [-0.2, 0) is 0 Å². The number of H-pyrrole nitrogens is 1. The van der Waals surface area contributed by atoms with E-state index in [2.05, 4.69) is 20.1 Å². The number of anilines is 1. The summed E-state index contributed by atoms with van der Waals surface area (Å²) in [5, 5.41) is 6.45. The first-order valence-corrected chi connectivity index (χ1v) is 6.98. The molecule has 1 aliphatic heterocycles. The van der Waals surface area contributed by atoms with Crippen molar-refractivity contribution in [2.75, 3.05) is 23.9 Å². The molecule has 19 heavy (non-hydrogen) atoms. The second-order valence-electron chi connectivity index (χ2n) is 4.99. The average Bonchev–Trinajstić information content (AvgIpc) is 2.81. The van der Waals surface area contributed by atoms with Crippen LogP contribution in [0.5, 0.6) is 0 Å². The number of fused-ring (bicyclic) bond motifs is 1. The van der Waals surface area contributed by atoms with Crippen LogP contribution in [0.4, 0.5) is 5.82 Å². The molecule has 0 saturated carbocycles. The fraction of sp³-hybridized carbons (Fsp3) is 0.583. The summed E-state index contributed by atoms with van der Waals surface area (Å²) in [6, 6.07) is 1.85. The van der Waals surface area contributed by atoms with Crippen LogP contribution >= 0.6 is 11.6 Å². The van der Waals surface area contributed by atoms with Crippen molar-refractivity contribution in [2.45, 2.75) is 19.8 Å². The van der Waals surface area contributed by atoms with Gasteiger partial charge in [-0.3, -0.25) is 0 Å². The fourth-order valence-corrected chi connectivity index (χ4v) is 2.90. The Kier molecular flexibility index (Phi) is 3.18. The number of aromatic amines is 1. The van der Waals surface area contributed by atoms with E-state index in [0.717, 1.165) is 25.3 Å². The number of nitrogens with one attached hydrogen (secondary N) is 1. The summed E-state index contributed by atoms with van der Waals surface area (Å²) < 4.78 is 1.48. The summed E-state index contributed by atoms with van der Waals surface area (Å²) in [5.41, 5.74) is 0.365. The highest BCUT2D eigenvalue weighted by atomic mass is 35.5. The third-order valence-corrected chi connectivity index (χ3v) is 4.05. The molecule has 2 aromatic rings. The molecule has 1 fully saturated rings. The standard InChI is InChI=1S/C12H16ClN5O/c1-8-14-10(5-11-15-16-12(19)18(8)11)17-4-2-3-9(6-13)7-17/h5,9H,2-4,6-7H2,1H3,(H,16,19). The van der Waals surface area contributed by atoms with Crippen molar-refractivity contribution in [1.29, 1.82) is 0 Å². The molecular formula is C12H16ClN5O. The van der Waals surface area contributed by atoms with E-state index in [9.17, 15) is 4.79 Å². The zero-order valence-corrected chi connectivity index (χ0v) is 11.5. The molecule has 0 spiro atoms. The Morgan fingerprint density at radius 2 is 2.42 bits per heavy atom. The average molecular weight is 282 g/mol. The third kappa shape index (κ3) is 2.20. The molecule has 0 aliphatic carbocycles. The van der Waals surface area contributed by atoms with E-state index in [0.29, 0.717) is 23.3 Å². The van der Waals surface area contributed by atoms with Crippen LogP contribution in [0.2, 0.25) is 0 Å². The van der Waals surface area contributed by atoms with Crippen LogP contribution < -0.4 is 10.6 Å². The van der Waals surface area contributed by atoms with E-state index in [1.807, 2.05) is 13.0 Å². The molecule has 3 heterocycles. The van der Waals surface area contributed by atoms with Gasteiger partial charge in [0.1, 0.15) is 11.6 Å². The number of rotatable bonds is 2. The van der Waals surface area contributed by atoms with Gasteiger partial charge in [0, 0.05) is 25.0 Å². The van der Waals surface area contributed by atoms with Gasteiger partial charge in [0.25, 0.3) is 0 Å². The van der Waals surface area contributed by atoms with Crippen LogP contribution in [-0.4, -0.2) is 38.6 Å². The SMILES string of the molecule is Cc1nc(N2CCCC(CCl)C2)cc2n[nH]c(=O)n12. The molecule has 0 radical (unpaired) electrons. The highest BCUT2D eigenvalue weighted by Gasteiger charge is 2.21. The third-order valence-electron chi connectivity index (χ3n) is 3.62. The van der Waals surface area contributed by atoms with Gasteiger partial charge in [0.05, 0.1) is 0 Å². The maximum atomic E-state index is 11.6. The molecule has 1 saturated heterocycles. The molecule has 102 valence electrons. The lowest BCUT2D eigenvalue weighted by atomic mass is 10.0. The lowest BCUT2D eigenvalue weighted by Crippen LogP contribution is -2.36. The quantitative estimate of drug-likeness (QED) is 0.840. The predicted octanol–water partition coefficient (Wildman–Crippen LogP) is 1.18. The molecular weight excluding hydrogens is 266 g/mol. The van der Waals surface area contributed by atoms with Crippen molar-refractivity contribution in [3.8, 4) is 0 Å². The van der Waals surface area contributed by atoms with Crippen LogP contribution in [0.15, 0.2) is 10.9 Å². The van der Waals surface area contributed by atoms with Crippen molar-refractivity contribution >= 4 is 23.1 Å². The zero-order chi connectivity index (χ0) is 13.4. The number of alkyl halides is 1. The molecule has 0 bridgehead atoms. The Morgan fingerprint density at radius 1 is 1.58 bits per heavy atom. The molecule has 1 unspecified atom stereocenters. The number of halogens is 1. The zero-order valence-electron chi connectivity index (χ0n) is 10.8. The molecule has 0 aromatic carbocycles. The number of hydrogen-bond acceptors (Lipinski definition) is 4. The van der Waals surface area contributed by atoms with Gasteiger partial charge < -0.3 is 4.90 Å². The van der Waals surface area contributed by atoms with E-state index >= 15 is 0 Å². The molecule has 0 amide bonds. The van der Waals surface area contributed by atoms with Crippen LogP contribution in [0.1, 0.15) is 18.7 Å². The van der Waals surface area contributed by atoms with Crippen molar-refractivity contribution in [3.63, 3.8) is 0 Å². The Hall–Kier alpha value is -1.56. The normalized spacial score (nSPS) is 20.1. The van der Waals surface area contributed by atoms with Gasteiger partial charge in [0.15, 0.2) is 5.65 Å². The summed E-state index contributed by atoms with van der Waals surface area (Å²) in [6.07, 6.45) is 2.29.